The molecular formula is C29H47N5. The van der Waals surface area contributed by atoms with Gasteiger partial charge < -0.3 is 14.7 Å². The van der Waals surface area contributed by atoms with E-state index in [4.69, 9.17) is 4.99 Å². The van der Waals surface area contributed by atoms with Gasteiger partial charge in [-0.1, -0.05) is 25.6 Å². The summed E-state index contributed by atoms with van der Waals surface area (Å²) >= 11 is 0. The Kier molecular flexibility index (Phi) is 9.24. The van der Waals surface area contributed by atoms with Crippen LogP contribution in [0, 0.1) is 13.8 Å². The van der Waals surface area contributed by atoms with Crippen molar-refractivity contribution < 1.29 is 0 Å². The highest BCUT2D eigenvalue weighted by Gasteiger charge is 2.22. The highest BCUT2D eigenvalue weighted by atomic mass is 15.3. The number of hydrogen-bond acceptors (Lipinski definition) is 4. The number of piperazine rings is 2. The summed E-state index contributed by atoms with van der Waals surface area (Å²) in [6, 6.07) is 5.12. The molecule has 2 saturated heterocycles. The first-order chi connectivity index (χ1) is 16.2. The monoisotopic (exact) mass is 465 g/mol. The minimum atomic E-state index is 0.349. The van der Waals surface area contributed by atoms with Crippen molar-refractivity contribution in [3.8, 4) is 0 Å². The zero-order valence-corrected chi connectivity index (χ0v) is 22.8. The van der Waals surface area contributed by atoms with Gasteiger partial charge in [0.05, 0.1) is 5.84 Å². The van der Waals surface area contributed by atoms with Gasteiger partial charge in [0.1, 0.15) is 0 Å². The van der Waals surface area contributed by atoms with Gasteiger partial charge in [-0.05, 0) is 70.7 Å². The Labute approximate surface area is 208 Å². The smallest absolute Gasteiger partial charge is 0.0961 e. The lowest BCUT2D eigenvalue weighted by Gasteiger charge is -2.39. The Bertz CT molecular complexity index is 897. The molecule has 0 spiro atoms. The van der Waals surface area contributed by atoms with Crippen LogP contribution in [0.4, 0.5) is 0 Å². The standard InChI is InChI=1S/C29H47N5/c1-9-10-25(6)32-13-11-31(12-14-32)21-28-20-29(24(5)19-23(28)4)26(7)33-15-17-34(18-16-33)27(8)30-22(2)3/h10,19-20,22H,7,9,11-18,21H2,1-6,8H3/b25-10+,30-27+. The zero-order valence-electron chi connectivity index (χ0n) is 22.8. The topological polar surface area (TPSA) is 25.3 Å². The third kappa shape index (κ3) is 6.65. The summed E-state index contributed by atoms with van der Waals surface area (Å²) in [5.41, 5.74) is 8.07. The van der Waals surface area contributed by atoms with Crippen LogP contribution in [0.15, 0.2) is 35.5 Å². The van der Waals surface area contributed by atoms with Crippen LogP contribution in [0.5, 0.6) is 0 Å². The molecule has 2 aliphatic heterocycles. The van der Waals surface area contributed by atoms with Gasteiger partial charge in [-0.3, -0.25) is 9.89 Å². The van der Waals surface area contributed by atoms with Crippen LogP contribution in [0.25, 0.3) is 5.70 Å². The molecule has 5 heteroatoms. The van der Waals surface area contributed by atoms with E-state index in [9.17, 15) is 0 Å². The summed E-state index contributed by atoms with van der Waals surface area (Å²) in [6.45, 7) is 29.5. The van der Waals surface area contributed by atoms with Gasteiger partial charge in [-0.15, -0.1) is 0 Å². The maximum atomic E-state index is 4.73. The Morgan fingerprint density at radius 3 is 2.09 bits per heavy atom. The molecule has 0 unspecified atom stereocenters. The van der Waals surface area contributed by atoms with Gasteiger partial charge in [0, 0.05) is 81.9 Å². The van der Waals surface area contributed by atoms with Crippen LogP contribution >= 0.6 is 0 Å². The number of aryl methyl sites for hydroxylation is 2. The summed E-state index contributed by atoms with van der Waals surface area (Å²) < 4.78 is 0. The second kappa shape index (κ2) is 11.9. The van der Waals surface area contributed by atoms with E-state index in [1.807, 2.05) is 0 Å². The van der Waals surface area contributed by atoms with Gasteiger partial charge >= 0.3 is 0 Å². The summed E-state index contributed by atoms with van der Waals surface area (Å²) in [5, 5.41) is 0. The van der Waals surface area contributed by atoms with Crippen molar-refractivity contribution in [1.82, 2.24) is 19.6 Å². The average molecular weight is 466 g/mol. The molecule has 0 atom stereocenters. The van der Waals surface area contributed by atoms with Crippen LogP contribution in [-0.2, 0) is 6.54 Å². The summed E-state index contributed by atoms with van der Waals surface area (Å²) in [4.78, 5) is 14.7. The lowest BCUT2D eigenvalue weighted by molar-refractivity contribution is 0.152. The Hall–Kier alpha value is -2.27. The first kappa shape index (κ1) is 26.3. The van der Waals surface area contributed by atoms with E-state index < -0.39 is 0 Å². The minimum absolute atomic E-state index is 0.349. The quantitative estimate of drug-likeness (QED) is 0.411. The summed E-state index contributed by atoms with van der Waals surface area (Å²) in [7, 11) is 0. The molecule has 1 aromatic rings. The molecule has 2 fully saturated rings. The number of amidine groups is 1. The van der Waals surface area contributed by atoms with Crippen molar-refractivity contribution in [2.75, 3.05) is 52.4 Å². The van der Waals surface area contributed by atoms with E-state index in [2.05, 4.69) is 92.9 Å². The molecule has 0 radical (unpaired) electrons. The molecule has 2 heterocycles. The number of hydrogen-bond donors (Lipinski definition) is 0. The predicted molar refractivity (Wildman–Crippen MR) is 147 cm³/mol. The highest BCUT2D eigenvalue weighted by Crippen LogP contribution is 2.27. The lowest BCUT2D eigenvalue weighted by atomic mass is 9.97. The molecule has 3 rings (SSSR count). The molecule has 0 N–H and O–H groups in total. The van der Waals surface area contributed by atoms with E-state index in [0.29, 0.717) is 6.04 Å². The van der Waals surface area contributed by atoms with Crippen molar-refractivity contribution in [2.24, 2.45) is 4.99 Å². The molecular weight excluding hydrogens is 418 g/mol. The number of allylic oxidation sites excluding steroid dienone is 2. The second-order valence-corrected chi connectivity index (χ2v) is 10.3. The zero-order chi connectivity index (χ0) is 24.8. The average Bonchev–Trinajstić information content (AvgIpc) is 2.80. The van der Waals surface area contributed by atoms with Crippen LogP contribution in [-0.4, -0.2) is 83.8 Å². The maximum absolute atomic E-state index is 4.73. The summed E-state index contributed by atoms with van der Waals surface area (Å²) in [5.74, 6) is 1.16. The molecule has 0 bridgehead atoms. The highest BCUT2D eigenvalue weighted by molar-refractivity contribution is 5.80. The largest absolute Gasteiger partial charge is 0.373 e. The normalized spacial score (nSPS) is 18.8. The number of benzene rings is 1. The fraction of sp³-hybridized carbons (Fsp3) is 0.621. The first-order valence-corrected chi connectivity index (χ1v) is 13.2. The number of nitrogens with zero attached hydrogens (tertiary/aromatic N) is 5. The van der Waals surface area contributed by atoms with Crippen molar-refractivity contribution >= 4 is 11.5 Å². The van der Waals surface area contributed by atoms with Gasteiger partial charge in [0.25, 0.3) is 0 Å². The SMILES string of the molecule is C=C(c1cc(CN2CCN(/C(C)=C/CC)CC2)c(C)cc1C)N1CCN(/C(C)=N/C(C)C)CC1. The van der Waals surface area contributed by atoms with Crippen LogP contribution < -0.4 is 0 Å². The molecule has 0 aromatic heterocycles. The fourth-order valence-electron chi connectivity index (χ4n) is 5.23. The maximum Gasteiger partial charge on any atom is 0.0961 e. The van der Waals surface area contributed by atoms with Gasteiger partial charge in [-0.2, -0.15) is 0 Å². The summed E-state index contributed by atoms with van der Waals surface area (Å²) in [6.07, 6.45) is 3.46. The van der Waals surface area contributed by atoms with Gasteiger partial charge in [0.2, 0.25) is 0 Å². The molecule has 5 nitrogen and oxygen atoms in total. The molecule has 0 saturated carbocycles. The van der Waals surface area contributed by atoms with Crippen molar-refractivity contribution in [1.29, 1.82) is 0 Å². The van der Waals surface area contributed by atoms with Crippen molar-refractivity contribution in [3.05, 3.63) is 52.7 Å². The Morgan fingerprint density at radius 1 is 0.912 bits per heavy atom. The molecule has 34 heavy (non-hydrogen) atoms. The Morgan fingerprint density at radius 2 is 1.50 bits per heavy atom. The number of rotatable bonds is 7. The second-order valence-electron chi connectivity index (χ2n) is 10.3. The van der Waals surface area contributed by atoms with Gasteiger partial charge in [0.15, 0.2) is 0 Å². The van der Waals surface area contributed by atoms with E-state index in [1.165, 1.54) is 33.6 Å². The molecule has 0 aliphatic carbocycles. The first-order valence-electron chi connectivity index (χ1n) is 13.2. The van der Waals surface area contributed by atoms with E-state index in [0.717, 1.165) is 71.2 Å². The lowest BCUT2D eigenvalue weighted by Crippen LogP contribution is -2.47. The minimum Gasteiger partial charge on any atom is -0.373 e. The molecule has 2 aliphatic rings. The third-order valence-corrected chi connectivity index (χ3v) is 7.32. The van der Waals surface area contributed by atoms with E-state index in [1.54, 1.807) is 0 Å². The number of aliphatic imine (C=N–C) groups is 1. The molecule has 1 aromatic carbocycles. The van der Waals surface area contributed by atoms with E-state index in [-0.39, 0.29) is 0 Å². The van der Waals surface area contributed by atoms with Crippen LogP contribution in [0.1, 0.15) is 63.3 Å². The predicted octanol–water partition coefficient (Wildman–Crippen LogP) is 5.15. The van der Waals surface area contributed by atoms with E-state index >= 15 is 0 Å². The third-order valence-electron chi connectivity index (χ3n) is 7.32. The van der Waals surface area contributed by atoms with Crippen molar-refractivity contribution in [3.63, 3.8) is 0 Å². The van der Waals surface area contributed by atoms with Gasteiger partial charge in [-0.25, -0.2) is 0 Å². The molecule has 188 valence electrons. The molecule has 0 amide bonds. The van der Waals surface area contributed by atoms with Crippen molar-refractivity contribution in [2.45, 2.75) is 67.5 Å². The van der Waals surface area contributed by atoms with Crippen LogP contribution in [0.2, 0.25) is 0 Å². The fourth-order valence-corrected chi connectivity index (χ4v) is 5.23. The Balaban J connectivity index is 1.63. The van der Waals surface area contributed by atoms with Crippen LogP contribution in [0.3, 0.4) is 0 Å².